The molecule has 3 aliphatic heterocycles. The fraction of sp³-hybridized carbons (Fsp3) is 0.900. The van der Waals surface area contributed by atoms with E-state index in [0.29, 0.717) is 24.2 Å². The van der Waals surface area contributed by atoms with Crippen molar-refractivity contribution < 1.29 is 14.3 Å². The third kappa shape index (κ3) is 6.64. The van der Waals surface area contributed by atoms with Crippen LogP contribution in [0.1, 0.15) is 59.8 Å². The first-order valence-electron chi connectivity index (χ1n) is 10.5. The number of carbonyl (C=O) groups is 1. The lowest BCUT2D eigenvalue weighted by atomic mass is 9.96. The summed E-state index contributed by atoms with van der Waals surface area (Å²) in [5, 5.41) is 6.91. The summed E-state index contributed by atoms with van der Waals surface area (Å²) in [4.78, 5) is 19.0. The summed E-state index contributed by atoms with van der Waals surface area (Å²) in [5.74, 6) is 1.24. The number of nitrogens with zero attached hydrogens (tertiary/aromatic N) is 2. The molecule has 28 heavy (non-hydrogen) atoms. The molecule has 0 aromatic carbocycles. The molecule has 2 N–H and O–H groups in total. The molecule has 0 radical (unpaired) electrons. The fourth-order valence-electron chi connectivity index (χ4n) is 4.21. The number of ether oxygens (including phenoxy) is 2. The second kappa shape index (κ2) is 10.3. The van der Waals surface area contributed by atoms with Crippen molar-refractivity contribution in [3.05, 3.63) is 0 Å². The number of aliphatic imine (C=N–C) groups is 1. The number of halogens is 1. The van der Waals surface area contributed by atoms with Crippen molar-refractivity contribution in [1.29, 1.82) is 0 Å². The van der Waals surface area contributed by atoms with Gasteiger partial charge >= 0.3 is 6.09 Å². The largest absolute Gasteiger partial charge is 0.444 e. The van der Waals surface area contributed by atoms with Crippen LogP contribution in [-0.4, -0.2) is 67.0 Å². The molecule has 1 amide bonds. The summed E-state index contributed by atoms with van der Waals surface area (Å²) < 4.78 is 11.5. The lowest BCUT2D eigenvalue weighted by Crippen LogP contribution is -2.48. The Morgan fingerprint density at radius 1 is 1.29 bits per heavy atom. The van der Waals surface area contributed by atoms with E-state index in [2.05, 4.69) is 17.6 Å². The lowest BCUT2D eigenvalue weighted by Gasteiger charge is -2.33. The molecule has 3 heterocycles. The van der Waals surface area contributed by atoms with Crippen LogP contribution in [0.4, 0.5) is 4.79 Å². The van der Waals surface area contributed by atoms with Gasteiger partial charge in [-0.15, -0.1) is 24.0 Å². The summed E-state index contributed by atoms with van der Waals surface area (Å²) in [5.41, 5.74) is -0.451. The van der Waals surface area contributed by atoms with Crippen LogP contribution in [0, 0.1) is 5.92 Å². The van der Waals surface area contributed by atoms with Crippen molar-refractivity contribution in [3.8, 4) is 0 Å². The van der Waals surface area contributed by atoms with Crippen LogP contribution < -0.4 is 10.6 Å². The summed E-state index contributed by atoms with van der Waals surface area (Å²) in [6.45, 7) is 10.8. The number of amides is 1. The Hall–Kier alpha value is -0.770. The van der Waals surface area contributed by atoms with E-state index in [-0.39, 0.29) is 30.1 Å². The number of carbonyl (C=O) groups excluding carboxylic acids is 1. The summed E-state index contributed by atoms with van der Waals surface area (Å²) in [6.07, 6.45) is 6.06. The van der Waals surface area contributed by atoms with E-state index in [4.69, 9.17) is 14.5 Å². The van der Waals surface area contributed by atoms with Gasteiger partial charge in [-0.1, -0.05) is 0 Å². The van der Waals surface area contributed by atoms with Crippen LogP contribution in [-0.2, 0) is 9.47 Å². The Kier molecular flexibility index (Phi) is 8.66. The molecule has 3 fully saturated rings. The van der Waals surface area contributed by atoms with Gasteiger partial charge in [-0.25, -0.2) is 4.79 Å². The molecule has 3 saturated heterocycles. The molecule has 162 valence electrons. The first-order chi connectivity index (χ1) is 12.8. The molecular formula is C20H37IN4O3. The van der Waals surface area contributed by atoms with E-state index in [1.165, 1.54) is 6.42 Å². The zero-order chi connectivity index (χ0) is 19.4. The third-order valence-electron chi connectivity index (χ3n) is 5.45. The smallest absolute Gasteiger partial charge is 0.410 e. The Morgan fingerprint density at radius 3 is 2.68 bits per heavy atom. The Morgan fingerprint density at radius 2 is 2.07 bits per heavy atom. The van der Waals surface area contributed by atoms with E-state index < -0.39 is 5.60 Å². The number of fused-ring (bicyclic) bond motifs is 2. The highest BCUT2D eigenvalue weighted by atomic mass is 127. The molecule has 0 aliphatic carbocycles. The lowest BCUT2D eigenvalue weighted by molar-refractivity contribution is 0.0170. The summed E-state index contributed by atoms with van der Waals surface area (Å²) in [7, 11) is 0. The van der Waals surface area contributed by atoms with Crippen LogP contribution in [0.5, 0.6) is 0 Å². The van der Waals surface area contributed by atoms with Gasteiger partial charge in [0.25, 0.3) is 0 Å². The van der Waals surface area contributed by atoms with E-state index in [0.717, 1.165) is 57.8 Å². The van der Waals surface area contributed by atoms with Gasteiger partial charge in [-0.05, 0) is 65.7 Å². The number of hydrogen-bond acceptors (Lipinski definition) is 4. The Labute approximate surface area is 186 Å². The van der Waals surface area contributed by atoms with Crippen LogP contribution >= 0.6 is 24.0 Å². The average molecular weight is 508 g/mol. The summed E-state index contributed by atoms with van der Waals surface area (Å²) >= 11 is 0. The van der Waals surface area contributed by atoms with Gasteiger partial charge in [-0.2, -0.15) is 0 Å². The van der Waals surface area contributed by atoms with Gasteiger partial charge in [0.1, 0.15) is 5.60 Å². The zero-order valence-electron chi connectivity index (χ0n) is 17.7. The van der Waals surface area contributed by atoms with Crippen molar-refractivity contribution in [1.82, 2.24) is 15.5 Å². The first-order valence-corrected chi connectivity index (χ1v) is 10.5. The van der Waals surface area contributed by atoms with Gasteiger partial charge in [-0.3, -0.25) is 4.99 Å². The van der Waals surface area contributed by atoms with E-state index >= 15 is 0 Å². The Bertz CT molecular complexity index is 552. The molecule has 4 unspecified atom stereocenters. The van der Waals surface area contributed by atoms with Gasteiger partial charge in [0, 0.05) is 26.2 Å². The molecule has 7 nitrogen and oxygen atoms in total. The van der Waals surface area contributed by atoms with Gasteiger partial charge in [0.05, 0.1) is 18.2 Å². The number of guanidine groups is 1. The number of nitrogens with one attached hydrogen (secondary N) is 2. The highest BCUT2D eigenvalue weighted by molar-refractivity contribution is 14.0. The molecule has 0 aromatic rings. The highest BCUT2D eigenvalue weighted by Crippen LogP contribution is 2.34. The average Bonchev–Trinajstić information content (AvgIpc) is 3.21. The van der Waals surface area contributed by atoms with Gasteiger partial charge in [0.2, 0.25) is 0 Å². The SMILES string of the molecule is CCNC(=NCC1CCCN(C(=O)OC(C)(C)C)C1)NC1CC2CCC1O2.I. The minimum absolute atomic E-state index is 0. The predicted molar refractivity (Wildman–Crippen MR) is 121 cm³/mol. The normalized spacial score (nSPS) is 30.0. The molecule has 3 rings (SSSR count). The maximum Gasteiger partial charge on any atom is 0.410 e. The number of hydrogen-bond donors (Lipinski definition) is 2. The third-order valence-corrected chi connectivity index (χ3v) is 5.45. The van der Waals surface area contributed by atoms with Crippen molar-refractivity contribution in [3.63, 3.8) is 0 Å². The minimum Gasteiger partial charge on any atom is -0.444 e. The highest BCUT2D eigenvalue weighted by Gasteiger charge is 2.41. The molecule has 4 atom stereocenters. The van der Waals surface area contributed by atoms with E-state index in [1.807, 2.05) is 25.7 Å². The number of likely N-dealkylation sites (tertiary alicyclic amines) is 1. The minimum atomic E-state index is -0.451. The monoisotopic (exact) mass is 508 g/mol. The van der Waals surface area contributed by atoms with Crippen molar-refractivity contribution in [2.24, 2.45) is 10.9 Å². The molecule has 0 spiro atoms. The predicted octanol–water partition coefficient (Wildman–Crippen LogP) is 3.13. The van der Waals surface area contributed by atoms with Crippen molar-refractivity contribution in [2.75, 3.05) is 26.2 Å². The maximum absolute atomic E-state index is 12.3. The van der Waals surface area contributed by atoms with E-state index in [1.54, 1.807) is 0 Å². The molecular weight excluding hydrogens is 471 g/mol. The van der Waals surface area contributed by atoms with Gasteiger partial charge in [0.15, 0.2) is 5.96 Å². The van der Waals surface area contributed by atoms with Crippen LogP contribution in [0.15, 0.2) is 4.99 Å². The zero-order valence-corrected chi connectivity index (χ0v) is 20.0. The molecule has 8 heteroatoms. The van der Waals surface area contributed by atoms with E-state index in [9.17, 15) is 4.79 Å². The molecule has 0 aromatic heterocycles. The topological polar surface area (TPSA) is 75.2 Å². The maximum atomic E-state index is 12.3. The van der Waals surface area contributed by atoms with Gasteiger partial charge < -0.3 is 25.0 Å². The first kappa shape index (κ1) is 23.5. The molecule has 3 aliphatic rings. The second-order valence-corrected chi connectivity index (χ2v) is 9.01. The van der Waals surface area contributed by atoms with Crippen LogP contribution in [0.25, 0.3) is 0 Å². The molecule has 0 saturated carbocycles. The number of rotatable bonds is 4. The fourth-order valence-corrected chi connectivity index (χ4v) is 4.21. The van der Waals surface area contributed by atoms with Crippen LogP contribution in [0.3, 0.4) is 0 Å². The standard InChI is InChI=1S/C20H36N4O3.HI/c1-5-21-18(23-16-11-15-8-9-17(16)26-15)22-12-14-7-6-10-24(13-14)19(25)27-20(2,3)4;/h14-17H,5-13H2,1-4H3,(H2,21,22,23);1H. The van der Waals surface area contributed by atoms with Crippen molar-refractivity contribution >= 4 is 36.0 Å². The van der Waals surface area contributed by atoms with Crippen LogP contribution in [0.2, 0.25) is 0 Å². The second-order valence-electron chi connectivity index (χ2n) is 9.01. The molecule has 2 bridgehead atoms. The number of piperidine rings is 1. The summed E-state index contributed by atoms with van der Waals surface area (Å²) in [6, 6.07) is 0.367. The quantitative estimate of drug-likeness (QED) is 0.347. The Balaban J connectivity index is 0.00000280. The van der Waals surface area contributed by atoms with Crippen molar-refractivity contribution in [2.45, 2.75) is 83.6 Å².